The number of primary amides is 1. The van der Waals surface area contributed by atoms with Gasteiger partial charge in [-0.2, -0.15) is 0 Å². The lowest BCUT2D eigenvalue weighted by atomic mass is 9.99. The van der Waals surface area contributed by atoms with Gasteiger partial charge in [0.1, 0.15) is 11.6 Å². The molecule has 0 atom stereocenters. The molecule has 6 heteroatoms. The van der Waals surface area contributed by atoms with Gasteiger partial charge >= 0.3 is 0 Å². The smallest absolute Gasteiger partial charge is 0.255 e. The van der Waals surface area contributed by atoms with E-state index in [9.17, 15) is 9.59 Å². The molecule has 4 aromatic rings. The lowest BCUT2D eigenvalue weighted by Crippen LogP contribution is -2.20. The SMILES string of the molecule is Cc1ccc(CC(=O)c2ccc3nc(-c4c(C)cc(OCC(N)=O)cc4C)[nH]c3c2)cc1C. The minimum absolute atomic E-state index is 0.0691. The molecule has 168 valence electrons. The highest BCUT2D eigenvalue weighted by molar-refractivity contribution is 6.00. The van der Waals surface area contributed by atoms with Crippen molar-refractivity contribution in [3.8, 4) is 17.1 Å². The van der Waals surface area contributed by atoms with Gasteiger partial charge < -0.3 is 15.5 Å². The van der Waals surface area contributed by atoms with Crippen LogP contribution in [0.5, 0.6) is 5.75 Å². The van der Waals surface area contributed by atoms with Crippen molar-refractivity contribution in [3.63, 3.8) is 0 Å². The van der Waals surface area contributed by atoms with Crippen LogP contribution in [0, 0.1) is 27.7 Å². The number of amides is 1. The van der Waals surface area contributed by atoms with Crippen molar-refractivity contribution in [2.75, 3.05) is 6.61 Å². The average molecular weight is 442 g/mol. The minimum atomic E-state index is -0.519. The Morgan fingerprint density at radius 1 is 0.909 bits per heavy atom. The number of nitrogens with zero attached hydrogens (tertiary/aromatic N) is 1. The summed E-state index contributed by atoms with van der Waals surface area (Å²) in [6.07, 6.45) is 0.360. The van der Waals surface area contributed by atoms with E-state index in [1.54, 1.807) is 0 Å². The quantitative estimate of drug-likeness (QED) is 0.404. The van der Waals surface area contributed by atoms with Crippen LogP contribution < -0.4 is 10.5 Å². The number of H-pyrrole nitrogens is 1. The van der Waals surface area contributed by atoms with E-state index in [2.05, 4.69) is 31.0 Å². The molecule has 3 N–H and O–H groups in total. The summed E-state index contributed by atoms with van der Waals surface area (Å²) < 4.78 is 5.44. The molecule has 4 rings (SSSR count). The fourth-order valence-electron chi connectivity index (χ4n) is 4.04. The van der Waals surface area contributed by atoms with Gasteiger partial charge in [0.2, 0.25) is 0 Å². The van der Waals surface area contributed by atoms with Crippen LogP contribution in [0.2, 0.25) is 0 Å². The Labute approximate surface area is 192 Å². The number of ketones is 1. The second-order valence-electron chi connectivity index (χ2n) is 8.52. The Morgan fingerprint density at radius 3 is 2.30 bits per heavy atom. The van der Waals surface area contributed by atoms with Gasteiger partial charge in [-0.25, -0.2) is 4.98 Å². The number of benzene rings is 3. The maximum atomic E-state index is 12.9. The van der Waals surface area contributed by atoms with E-state index in [1.807, 2.05) is 50.2 Å². The van der Waals surface area contributed by atoms with Gasteiger partial charge in [-0.15, -0.1) is 0 Å². The first kappa shape index (κ1) is 22.3. The van der Waals surface area contributed by atoms with E-state index in [4.69, 9.17) is 15.5 Å². The van der Waals surface area contributed by atoms with Crippen LogP contribution in [0.4, 0.5) is 0 Å². The molecule has 1 aromatic heterocycles. The van der Waals surface area contributed by atoms with Crippen molar-refractivity contribution in [3.05, 3.63) is 81.9 Å². The summed E-state index contributed by atoms with van der Waals surface area (Å²) in [6.45, 7) is 7.88. The van der Waals surface area contributed by atoms with Crippen molar-refractivity contribution in [1.29, 1.82) is 0 Å². The van der Waals surface area contributed by atoms with Crippen molar-refractivity contribution in [2.45, 2.75) is 34.1 Å². The van der Waals surface area contributed by atoms with Crippen LogP contribution in [0.3, 0.4) is 0 Å². The Balaban J connectivity index is 1.61. The van der Waals surface area contributed by atoms with Gasteiger partial charge in [0.25, 0.3) is 5.91 Å². The van der Waals surface area contributed by atoms with Crippen LogP contribution in [0.15, 0.2) is 48.5 Å². The van der Waals surface area contributed by atoms with Crippen molar-refractivity contribution in [1.82, 2.24) is 9.97 Å². The van der Waals surface area contributed by atoms with Crippen LogP contribution in [-0.4, -0.2) is 28.3 Å². The molecular formula is C27H27N3O3. The molecule has 1 amide bonds. The zero-order valence-corrected chi connectivity index (χ0v) is 19.3. The number of nitrogens with two attached hydrogens (primary N) is 1. The molecule has 0 radical (unpaired) electrons. The lowest BCUT2D eigenvalue weighted by molar-refractivity contribution is -0.119. The highest BCUT2D eigenvalue weighted by Gasteiger charge is 2.15. The van der Waals surface area contributed by atoms with Crippen molar-refractivity contribution < 1.29 is 14.3 Å². The van der Waals surface area contributed by atoms with Crippen LogP contribution >= 0.6 is 0 Å². The van der Waals surface area contributed by atoms with Crippen LogP contribution in [0.1, 0.15) is 38.2 Å². The summed E-state index contributed by atoms with van der Waals surface area (Å²) >= 11 is 0. The molecule has 0 aliphatic rings. The van der Waals surface area contributed by atoms with Gasteiger partial charge in [0, 0.05) is 17.5 Å². The molecule has 33 heavy (non-hydrogen) atoms. The molecule has 0 saturated heterocycles. The Morgan fingerprint density at radius 2 is 1.64 bits per heavy atom. The van der Waals surface area contributed by atoms with Crippen molar-refractivity contribution in [2.24, 2.45) is 5.73 Å². The van der Waals surface area contributed by atoms with E-state index in [0.717, 1.165) is 39.1 Å². The molecule has 3 aromatic carbocycles. The minimum Gasteiger partial charge on any atom is -0.484 e. The number of hydrogen-bond donors (Lipinski definition) is 2. The highest BCUT2D eigenvalue weighted by atomic mass is 16.5. The van der Waals surface area contributed by atoms with Crippen LogP contribution in [-0.2, 0) is 11.2 Å². The number of Topliss-reactive ketones (excluding diaryl/α,β-unsaturated/α-hetero) is 1. The van der Waals surface area contributed by atoms with E-state index in [1.165, 1.54) is 11.1 Å². The second-order valence-corrected chi connectivity index (χ2v) is 8.52. The Hall–Kier alpha value is -3.93. The number of hydrogen-bond acceptors (Lipinski definition) is 4. The zero-order valence-electron chi connectivity index (χ0n) is 19.3. The molecule has 6 nitrogen and oxygen atoms in total. The third-order valence-corrected chi connectivity index (χ3v) is 5.86. The summed E-state index contributed by atoms with van der Waals surface area (Å²) in [5.41, 5.74) is 13.7. The number of fused-ring (bicyclic) bond motifs is 1. The first-order chi connectivity index (χ1) is 15.7. The molecule has 0 aliphatic carbocycles. The van der Waals surface area contributed by atoms with Crippen molar-refractivity contribution >= 4 is 22.7 Å². The Kier molecular flexibility index (Phi) is 6.01. The van der Waals surface area contributed by atoms with Gasteiger partial charge in [-0.1, -0.05) is 18.2 Å². The predicted octanol–water partition coefficient (Wildman–Crippen LogP) is 4.75. The van der Waals surface area contributed by atoms with Crippen LogP contribution in [0.25, 0.3) is 22.4 Å². The molecule has 0 spiro atoms. The number of ether oxygens (including phenoxy) is 1. The number of nitrogens with one attached hydrogen (secondary N) is 1. The lowest BCUT2D eigenvalue weighted by Gasteiger charge is -2.11. The molecule has 0 unspecified atom stereocenters. The zero-order chi connectivity index (χ0) is 23.7. The third-order valence-electron chi connectivity index (χ3n) is 5.86. The topological polar surface area (TPSA) is 98.1 Å². The number of aromatic amines is 1. The van der Waals surface area contributed by atoms with E-state index in [0.29, 0.717) is 17.7 Å². The molecule has 1 heterocycles. The largest absolute Gasteiger partial charge is 0.484 e. The molecular weight excluding hydrogens is 414 g/mol. The van der Waals surface area contributed by atoms with Gasteiger partial charge in [-0.05, 0) is 85.8 Å². The summed E-state index contributed by atoms with van der Waals surface area (Å²) in [5.74, 6) is 0.859. The third kappa shape index (κ3) is 4.80. The molecule has 0 bridgehead atoms. The van der Waals surface area contributed by atoms with Gasteiger partial charge in [0.05, 0.1) is 11.0 Å². The average Bonchev–Trinajstić information content (AvgIpc) is 3.17. The second kappa shape index (κ2) is 8.90. The standard InChI is InChI=1S/C27H27N3O3/c1-15-5-6-19(9-16(15)2)12-24(31)20-7-8-22-23(13-20)30-27(29-22)26-17(3)10-21(11-18(26)4)33-14-25(28)32/h5-11,13H,12,14H2,1-4H3,(H2,28,32)(H,29,30). The summed E-state index contributed by atoms with van der Waals surface area (Å²) in [6, 6.07) is 15.4. The summed E-state index contributed by atoms with van der Waals surface area (Å²) in [7, 11) is 0. The number of imidazole rings is 1. The summed E-state index contributed by atoms with van der Waals surface area (Å²) in [5, 5.41) is 0. The number of rotatable bonds is 7. The Bertz CT molecular complexity index is 1360. The maximum Gasteiger partial charge on any atom is 0.255 e. The van der Waals surface area contributed by atoms with E-state index in [-0.39, 0.29) is 12.4 Å². The monoisotopic (exact) mass is 441 g/mol. The van der Waals surface area contributed by atoms with E-state index >= 15 is 0 Å². The fraction of sp³-hybridized carbons (Fsp3) is 0.222. The van der Waals surface area contributed by atoms with E-state index < -0.39 is 5.91 Å². The first-order valence-electron chi connectivity index (χ1n) is 10.8. The van der Waals surface area contributed by atoms with Gasteiger partial charge in [-0.3, -0.25) is 9.59 Å². The molecule has 0 saturated carbocycles. The highest BCUT2D eigenvalue weighted by Crippen LogP contribution is 2.31. The van der Waals surface area contributed by atoms with Gasteiger partial charge in [0.15, 0.2) is 12.4 Å². The molecule has 0 fully saturated rings. The summed E-state index contributed by atoms with van der Waals surface area (Å²) in [4.78, 5) is 32.0. The number of carbonyl (C=O) groups is 2. The number of aromatic nitrogens is 2. The fourth-order valence-corrected chi connectivity index (χ4v) is 4.04. The predicted molar refractivity (Wildman–Crippen MR) is 130 cm³/mol. The number of carbonyl (C=O) groups excluding carboxylic acids is 2. The first-order valence-corrected chi connectivity index (χ1v) is 10.8. The molecule has 0 aliphatic heterocycles. The number of aryl methyl sites for hydroxylation is 4. The normalized spacial score (nSPS) is 11.0. The maximum absolute atomic E-state index is 12.9.